The molecule has 0 spiro atoms. The average Bonchev–Trinajstić information content (AvgIpc) is 2.70. The summed E-state index contributed by atoms with van der Waals surface area (Å²) in [4.78, 5) is 17.0. The number of amides is 1. The molecule has 29 heavy (non-hydrogen) atoms. The summed E-state index contributed by atoms with van der Waals surface area (Å²) in [7, 11) is 0. The number of nitrogens with zero attached hydrogens (tertiary/aromatic N) is 2. The van der Waals surface area contributed by atoms with Gasteiger partial charge in [0.15, 0.2) is 6.61 Å². The van der Waals surface area contributed by atoms with Gasteiger partial charge in [0, 0.05) is 31.7 Å². The fraction of sp³-hybridized carbons (Fsp3) is 0.458. The van der Waals surface area contributed by atoms with Crippen molar-refractivity contribution in [3.05, 3.63) is 65.5 Å². The minimum absolute atomic E-state index is 0.0127. The summed E-state index contributed by atoms with van der Waals surface area (Å²) in [6, 6.07) is 14.9. The third-order valence-corrected chi connectivity index (χ3v) is 5.64. The lowest BCUT2D eigenvalue weighted by molar-refractivity contribution is -0.139. The molecule has 1 fully saturated rings. The van der Waals surface area contributed by atoms with Gasteiger partial charge < -0.3 is 9.64 Å². The van der Waals surface area contributed by atoms with E-state index in [2.05, 4.69) is 32.6 Å². The lowest BCUT2D eigenvalue weighted by Crippen LogP contribution is -2.58. The quantitative estimate of drug-likeness (QED) is 0.721. The van der Waals surface area contributed by atoms with E-state index in [-0.39, 0.29) is 30.4 Å². The van der Waals surface area contributed by atoms with Gasteiger partial charge in [-0.05, 0) is 55.2 Å². The minimum Gasteiger partial charge on any atom is -0.484 e. The maximum Gasteiger partial charge on any atom is 0.260 e. The van der Waals surface area contributed by atoms with Gasteiger partial charge in [-0.3, -0.25) is 9.69 Å². The van der Waals surface area contributed by atoms with Gasteiger partial charge in [0.25, 0.3) is 5.91 Å². The average molecular weight is 399 g/mol. The van der Waals surface area contributed by atoms with Crippen molar-refractivity contribution in [2.45, 2.75) is 52.2 Å². The van der Waals surface area contributed by atoms with Crippen LogP contribution in [0.2, 0.25) is 0 Å². The Balaban J connectivity index is 1.53. The van der Waals surface area contributed by atoms with E-state index in [1.54, 1.807) is 0 Å². The highest BCUT2D eigenvalue weighted by atomic mass is 19.1. The zero-order valence-corrected chi connectivity index (χ0v) is 17.8. The van der Waals surface area contributed by atoms with Crippen molar-refractivity contribution in [1.82, 2.24) is 9.80 Å². The first-order chi connectivity index (χ1) is 13.8. The normalized spacial score (nSPS) is 20.1. The molecule has 2 aromatic rings. The predicted molar refractivity (Wildman–Crippen MR) is 113 cm³/mol. The van der Waals surface area contributed by atoms with Gasteiger partial charge in [-0.2, -0.15) is 0 Å². The van der Waals surface area contributed by atoms with Gasteiger partial charge in [-0.25, -0.2) is 4.39 Å². The van der Waals surface area contributed by atoms with Crippen molar-refractivity contribution in [3.8, 4) is 5.75 Å². The van der Waals surface area contributed by atoms with Crippen molar-refractivity contribution in [2.75, 3.05) is 19.7 Å². The van der Waals surface area contributed by atoms with Crippen LogP contribution in [0.5, 0.6) is 5.75 Å². The highest BCUT2D eigenvalue weighted by Crippen LogP contribution is 2.21. The molecule has 0 N–H and O–H groups in total. The third-order valence-electron chi connectivity index (χ3n) is 5.64. The van der Waals surface area contributed by atoms with Crippen LogP contribution in [0, 0.1) is 5.82 Å². The second-order valence-corrected chi connectivity index (χ2v) is 8.31. The van der Waals surface area contributed by atoms with Crippen LogP contribution in [0.25, 0.3) is 0 Å². The molecule has 1 aliphatic rings. The summed E-state index contributed by atoms with van der Waals surface area (Å²) < 4.78 is 18.9. The number of rotatable bonds is 6. The summed E-state index contributed by atoms with van der Waals surface area (Å²) in [6.07, 6.45) is 0. The molecule has 2 atom stereocenters. The number of carbonyl (C=O) groups excluding carboxylic acids is 1. The lowest BCUT2D eigenvalue weighted by Gasteiger charge is -2.44. The molecular formula is C24H31FN2O2. The van der Waals surface area contributed by atoms with Crippen LogP contribution >= 0.6 is 0 Å². The van der Waals surface area contributed by atoms with Crippen LogP contribution in [-0.4, -0.2) is 47.5 Å². The molecule has 1 amide bonds. The van der Waals surface area contributed by atoms with Crippen LogP contribution < -0.4 is 4.74 Å². The van der Waals surface area contributed by atoms with E-state index in [9.17, 15) is 9.18 Å². The predicted octanol–water partition coefficient (Wildman–Crippen LogP) is 4.45. The fourth-order valence-electron chi connectivity index (χ4n) is 3.77. The molecule has 0 bridgehead atoms. The first-order valence-corrected chi connectivity index (χ1v) is 10.3. The molecular weight excluding hydrogens is 367 g/mol. The molecule has 2 aromatic carbocycles. The Morgan fingerprint density at radius 3 is 2.31 bits per heavy atom. The van der Waals surface area contributed by atoms with Gasteiger partial charge in [-0.15, -0.1) is 0 Å². The maximum atomic E-state index is 13.1. The molecule has 0 unspecified atom stereocenters. The second kappa shape index (κ2) is 9.40. The molecule has 0 radical (unpaired) electrons. The highest BCUT2D eigenvalue weighted by molar-refractivity contribution is 5.78. The van der Waals surface area contributed by atoms with Crippen molar-refractivity contribution in [2.24, 2.45) is 0 Å². The Labute approximate surface area is 173 Å². The van der Waals surface area contributed by atoms with Crippen molar-refractivity contribution in [3.63, 3.8) is 0 Å². The highest BCUT2D eigenvalue weighted by Gasteiger charge is 2.32. The Hall–Kier alpha value is -2.40. The van der Waals surface area contributed by atoms with Crippen molar-refractivity contribution in [1.29, 1.82) is 0 Å². The third kappa shape index (κ3) is 5.57. The van der Waals surface area contributed by atoms with Crippen molar-refractivity contribution >= 4 is 5.91 Å². The van der Waals surface area contributed by atoms with Crippen LogP contribution in [0.4, 0.5) is 4.39 Å². The molecule has 3 rings (SSSR count). The topological polar surface area (TPSA) is 32.8 Å². The van der Waals surface area contributed by atoms with Gasteiger partial charge in [0.2, 0.25) is 0 Å². The second-order valence-electron chi connectivity index (χ2n) is 8.31. The van der Waals surface area contributed by atoms with E-state index >= 15 is 0 Å². The van der Waals surface area contributed by atoms with E-state index in [0.717, 1.165) is 24.4 Å². The smallest absolute Gasteiger partial charge is 0.260 e. The molecule has 4 nitrogen and oxygen atoms in total. The van der Waals surface area contributed by atoms with Gasteiger partial charge in [-0.1, -0.05) is 38.1 Å². The Kier molecular flexibility index (Phi) is 6.91. The number of hydrogen-bond acceptors (Lipinski definition) is 3. The van der Waals surface area contributed by atoms with Crippen molar-refractivity contribution < 1.29 is 13.9 Å². The fourth-order valence-corrected chi connectivity index (χ4v) is 3.77. The zero-order valence-electron chi connectivity index (χ0n) is 17.8. The summed E-state index contributed by atoms with van der Waals surface area (Å²) in [5.74, 6) is 0.987. The van der Waals surface area contributed by atoms with E-state index in [1.807, 2.05) is 41.3 Å². The van der Waals surface area contributed by atoms with Gasteiger partial charge in [0.1, 0.15) is 11.6 Å². The van der Waals surface area contributed by atoms with Crippen LogP contribution in [0.1, 0.15) is 44.7 Å². The minimum atomic E-state index is -0.218. The number of carbonyl (C=O) groups is 1. The van der Waals surface area contributed by atoms with Crippen LogP contribution in [-0.2, 0) is 11.3 Å². The molecule has 0 aromatic heterocycles. The number of halogens is 1. The molecule has 0 saturated carbocycles. The molecule has 0 aliphatic carbocycles. The Morgan fingerprint density at radius 1 is 1.03 bits per heavy atom. The summed E-state index contributed by atoms with van der Waals surface area (Å²) in [6.45, 7) is 10.8. The van der Waals surface area contributed by atoms with E-state index in [1.165, 1.54) is 17.7 Å². The standard InChI is InChI=1S/C24H31FN2O2/c1-17(2)21-7-11-23(12-8-21)29-16-24(28)27-14-18(3)26(13-19(27)4)15-20-5-9-22(25)10-6-20/h5-12,17-19H,13-16H2,1-4H3/t18-,19+/m1/s1. The number of ether oxygens (including phenoxy) is 1. The maximum absolute atomic E-state index is 13.1. The van der Waals surface area contributed by atoms with E-state index in [4.69, 9.17) is 4.74 Å². The van der Waals surface area contributed by atoms with E-state index < -0.39 is 0 Å². The number of benzene rings is 2. The number of piperazine rings is 1. The largest absolute Gasteiger partial charge is 0.484 e. The van der Waals surface area contributed by atoms with Gasteiger partial charge >= 0.3 is 0 Å². The van der Waals surface area contributed by atoms with Crippen LogP contribution in [0.15, 0.2) is 48.5 Å². The summed E-state index contributed by atoms with van der Waals surface area (Å²) in [5, 5.41) is 0. The molecule has 1 aliphatic heterocycles. The molecule has 5 heteroatoms. The summed E-state index contributed by atoms with van der Waals surface area (Å²) >= 11 is 0. The monoisotopic (exact) mass is 398 g/mol. The molecule has 1 heterocycles. The first-order valence-electron chi connectivity index (χ1n) is 10.3. The van der Waals surface area contributed by atoms with Gasteiger partial charge in [0.05, 0.1) is 0 Å². The molecule has 156 valence electrons. The van der Waals surface area contributed by atoms with E-state index in [0.29, 0.717) is 12.5 Å². The Bertz CT molecular complexity index is 805. The SMILES string of the molecule is CC(C)c1ccc(OCC(=O)N2C[C@@H](C)N(Cc3ccc(F)cc3)C[C@@H]2C)cc1. The molecule has 1 saturated heterocycles. The first kappa shape index (κ1) is 21.3. The Morgan fingerprint density at radius 2 is 1.69 bits per heavy atom. The number of hydrogen-bond donors (Lipinski definition) is 0. The summed E-state index contributed by atoms with van der Waals surface area (Å²) in [5.41, 5.74) is 2.34. The zero-order chi connectivity index (χ0) is 21.0. The lowest BCUT2D eigenvalue weighted by atomic mass is 10.0. The van der Waals surface area contributed by atoms with Crippen LogP contribution in [0.3, 0.4) is 0 Å².